The predicted molar refractivity (Wildman–Crippen MR) is 88.7 cm³/mol. The van der Waals surface area contributed by atoms with E-state index in [1.54, 1.807) is 6.20 Å². The number of rotatable bonds is 7. The Morgan fingerprint density at radius 2 is 2.05 bits per heavy atom. The van der Waals surface area contributed by atoms with Gasteiger partial charge in [-0.1, -0.05) is 34.6 Å². The molecule has 0 aliphatic heterocycles. The minimum atomic E-state index is -0.0603. The standard InChI is InChI=1S/C17H29N3O/c1-7-8-18-15-9-13(4)19-10-14(15)16(21)20-11-17(5,6)12(2)3/h9-10,12H,7-8,11H2,1-6H3,(H,18,19)(H,20,21). The highest BCUT2D eigenvalue weighted by atomic mass is 16.1. The molecular weight excluding hydrogens is 262 g/mol. The van der Waals surface area contributed by atoms with Gasteiger partial charge in [-0.25, -0.2) is 0 Å². The number of carbonyl (C=O) groups is 1. The molecule has 0 aliphatic rings. The zero-order chi connectivity index (χ0) is 16.0. The SMILES string of the molecule is CCCNc1cc(C)ncc1C(=O)NCC(C)(C)C(C)C. The van der Waals surface area contributed by atoms with E-state index < -0.39 is 0 Å². The summed E-state index contributed by atoms with van der Waals surface area (Å²) < 4.78 is 0. The summed E-state index contributed by atoms with van der Waals surface area (Å²) >= 11 is 0. The normalized spacial score (nSPS) is 11.6. The third-order valence-electron chi connectivity index (χ3n) is 4.12. The first kappa shape index (κ1) is 17.5. The van der Waals surface area contributed by atoms with Crippen LogP contribution in [-0.4, -0.2) is 24.0 Å². The van der Waals surface area contributed by atoms with Crippen LogP contribution in [0, 0.1) is 18.3 Å². The highest BCUT2D eigenvalue weighted by molar-refractivity contribution is 5.99. The molecule has 0 bridgehead atoms. The monoisotopic (exact) mass is 291 g/mol. The minimum Gasteiger partial charge on any atom is -0.384 e. The summed E-state index contributed by atoms with van der Waals surface area (Å²) in [5.74, 6) is 0.446. The fourth-order valence-electron chi connectivity index (χ4n) is 1.75. The zero-order valence-corrected chi connectivity index (χ0v) is 14.2. The predicted octanol–water partition coefficient (Wildman–Crippen LogP) is 3.62. The number of nitrogens with one attached hydrogen (secondary N) is 2. The molecule has 0 spiro atoms. The molecule has 1 rings (SSSR count). The molecule has 4 heteroatoms. The molecule has 0 radical (unpaired) electrons. The Labute approximate surface area is 128 Å². The molecule has 0 atom stereocenters. The molecule has 0 fully saturated rings. The van der Waals surface area contributed by atoms with Gasteiger partial charge in [0.25, 0.3) is 5.91 Å². The first-order valence-electron chi connectivity index (χ1n) is 7.76. The molecule has 4 nitrogen and oxygen atoms in total. The van der Waals surface area contributed by atoms with Crippen LogP contribution in [0.4, 0.5) is 5.69 Å². The number of amides is 1. The number of carbonyl (C=O) groups excluding carboxylic acids is 1. The molecule has 1 aromatic heterocycles. The Kier molecular flexibility index (Phi) is 6.19. The summed E-state index contributed by atoms with van der Waals surface area (Å²) in [7, 11) is 0. The van der Waals surface area contributed by atoms with Crippen LogP contribution < -0.4 is 10.6 Å². The van der Waals surface area contributed by atoms with E-state index in [2.05, 4.69) is 50.2 Å². The van der Waals surface area contributed by atoms with Crippen molar-refractivity contribution in [1.29, 1.82) is 0 Å². The van der Waals surface area contributed by atoms with Crippen molar-refractivity contribution < 1.29 is 4.79 Å². The lowest BCUT2D eigenvalue weighted by Crippen LogP contribution is -2.37. The van der Waals surface area contributed by atoms with Gasteiger partial charge in [0.15, 0.2) is 0 Å². The maximum absolute atomic E-state index is 12.4. The lowest BCUT2D eigenvalue weighted by atomic mass is 9.81. The highest BCUT2D eigenvalue weighted by Gasteiger charge is 2.23. The van der Waals surface area contributed by atoms with Gasteiger partial charge in [0, 0.05) is 25.0 Å². The van der Waals surface area contributed by atoms with Gasteiger partial charge in [0.2, 0.25) is 0 Å². The lowest BCUT2D eigenvalue weighted by molar-refractivity contribution is 0.0925. The van der Waals surface area contributed by atoms with Gasteiger partial charge in [0.05, 0.1) is 11.3 Å². The van der Waals surface area contributed by atoms with Crippen LogP contribution in [0.3, 0.4) is 0 Å². The Hall–Kier alpha value is -1.58. The van der Waals surface area contributed by atoms with E-state index in [1.807, 2.05) is 13.0 Å². The third-order valence-corrected chi connectivity index (χ3v) is 4.12. The highest BCUT2D eigenvalue weighted by Crippen LogP contribution is 2.25. The van der Waals surface area contributed by atoms with Crippen molar-refractivity contribution in [1.82, 2.24) is 10.3 Å². The fourth-order valence-corrected chi connectivity index (χ4v) is 1.75. The van der Waals surface area contributed by atoms with Gasteiger partial charge >= 0.3 is 0 Å². The summed E-state index contributed by atoms with van der Waals surface area (Å²) in [6.45, 7) is 14.2. The van der Waals surface area contributed by atoms with E-state index in [0.29, 0.717) is 18.0 Å². The Balaban J connectivity index is 2.82. The van der Waals surface area contributed by atoms with Crippen molar-refractivity contribution in [2.24, 2.45) is 11.3 Å². The van der Waals surface area contributed by atoms with E-state index in [-0.39, 0.29) is 11.3 Å². The molecule has 0 saturated carbocycles. The summed E-state index contributed by atoms with van der Waals surface area (Å²) in [4.78, 5) is 16.7. The number of aryl methyl sites for hydroxylation is 1. The van der Waals surface area contributed by atoms with Gasteiger partial charge in [-0.05, 0) is 30.7 Å². The molecule has 1 heterocycles. The van der Waals surface area contributed by atoms with Gasteiger partial charge in [-0.15, -0.1) is 0 Å². The average molecular weight is 291 g/mol. The van der Waals surface area contributed by atoms with E-state index in [9.17, 15) is 4.79 Å². The first-order chi connectivity index (χ1) is 9.77. The van der Waals surface area contributed by atoms with E-state index in [4.69, 9.17) is 0 Å². The number of anilines is 1. The van der Waals surface area contributed by atoms with Crippen molar-refractivity contribution in [2.75, 3.05) is 18.4 Å². The second kappa shape index (κ2) is 7.43. The number of hydrogen-bond donors (Lipinski definition) is 2. The van der Waals surface area contributed by atoms with Gasteiger partial charge < -0.3 is 10.6 Å². The molecular formula is C17H29N3O. The fraction of sp³-hybridized carbons (Fsp3) is 0.647. The lowest BCUT2D eigenvalue weighted by Gasteiger charge is -2.29. The largest absolute Gasteiger partial charge is 0.384 e. The van der Waals surface area contributed by atoms with Crippen LogP contribution in [0.2, 0.25) is 0 Å². The van der Waals surface area contributed by atoms with E-state index >= 15 is 0 Å². The van der Waals surface area contributed by atoms with Crippen molar-refractivity contribution in [3.8, 4) is 0 Å². The van der Waals surface area contributed by atoms with Crippen LogP contribution in [0.1, 0.15) is 57.1 Å². The van der Waals surface area contributed by atoms with Crippen LogP contribution >= 0.6 is 0 Å². The Bertz CT molecular complexity index is 481. The molecule has 21 heavy (non-hydrogen) atoms. The van der Waals surface area contributed by atoms with Crippen molar-refractivity contribution in [2.45, 2.75) is 48.0 Å². The second-order valence-electron chi connectivity index (χ2n) is 6.62. The van der Waals surface area contributed by atoms with Gasteiger partial charge in [-0.2, -0.15) is 0 Å². The zero-order valence-electron chi connectivity index (χ0n) is 14.2. The summed E-state index contributed by atoms with van der Waals surface area (Å²) in [6, 6.07) is 1.93. The van der Waals surface area contributed by atoms with Crippen LogP contribution in [0.25, 0.3) is 0 Å². The molecule has 0 saturated heterocycles. The molecule has 0 unspecified atom stereocenters. The van der Waals surface area contributed by atoms with Crippen molar-refractivity contribution >= 4 is 11.6 Å². The topological polar surface area (TPSA) is 54.0 Å². The number of hydrogen-bond acceptors (Lipinski definition) is 3. The second-order valence-corrected chi connectivity index (χ2v) is 6.62. The first-order valence-corrected chi connectivity index (χ1v) is 7.76. The van der Waals surface area contributed by atoms with Crippen LogP contribution in [-0.2, 0) is 0 Å². The van der Waals surface area contributed by atoms with Crippen molar-refractivity contribution in [3.05, 3.63) is 23.5 Å². The summed E-state index contributed by atoms with van der Waals surface area (Å²) in [5.41, 5.74) is 2.47. The van der Waals surface area contributed by atoms with Gasteiger partial charge in [-0.3, -0.25) is 9.78 Å². The number of pyridine rings is 1. The van der Waals surface area contributed by atoms with E-state index in [0.717, 1.165) is 24.3 Å². The van der Waals surface area contributed by atoms with Crippen molar-refractivity contribution in [3.63, 3.8) is 0 Å². The molecule has 118 valence electrons. The molecule has 0 aliphatic carbocycles. The summed E-state index contributed by atoms with van der Waals surface area (Å²) in [6.07, 6.45) is 2.67. The Morgan fingerprint density at radius 1 is 1.38 bits per heavy atom. The maximum Gasteiger partial charge on any atom is 0.254 e. The number of aromatic nitrogens is 1. The quantitative estimate of drug-likeness (QED) is 0.806. The Morgan fingerprint density at radius 3 is 2.62 bits per heavy atom. The summed E-state index contributed by atoms with van der Waals surface area (Å²) in [5, 5.41) is 6.34. The average Bonchev–Trinajstić information content (AvgIpc) is 2.42. The molecule has 2 N–H and O–H groups in total. The number of nitrogens with zero attached hydrogens (tertiary/aromatic N) is 1. The van der Waals surface area contributed by atoms with Crippen LogP contribution in [0.15, 0.2) is 12.3 Å². The smallest absolute Gasteiger partial charge is 0.254 e. The maximum atomic E-state index is 12.4. The van der Waals surface area contributed by atoms with Crippen LogP contribution in [0.5, 0.6) is 0 Å². The van der Waals surface area contributed by atoms with Gasteiger partial charge in [0.1, 0.15) is 0 Å². The van der Waals surface area contributed by atoms with E-state index in [1.165, 1.54) is 0 Å². The minimum absolute atomic E-state index is 0.0603. The molecule has 0 aromatic carbocycles. The third kappa shape index (κ3) is 5.03. The molecule has 1 amide bonds. The molecule has 1 aromatic rings.